The van der Waals surface area contributed by atoms with Crippen LogP contribution in [0.5, 0.6) is 0 Å². The largest absolute Gasteiger partial charge is 0.246 e. The van der Waals surface area contributed by atoms with Crippen molar-refractivity contribution >= 4 is 10.0 Å². The molecule has 1 aliphatic carbocycles. The van der Waals surface area contributed by atoms with Crippen molar-refractivity contribution in [3.8, 4) is 6.07 Å². The van der Waals surface area contributed by atoms with Gasteiger partial charge in [0.05, 0.1) is 0 Å². The predicted octanol–water partition coefficient (Wildman–Crippen LogP) is 1.91. The summed E-state index contributed by atoms with van der Waals surface area (Å²) in [6.45, 7) is 0.559. The lowest BCUT2D eigenvalue weighted by Crippen LogP contribution is -2.46. The van der Waals surface area contributed by atoms with Crippen LogP contribution in [0, 0.1) is 17.2 Å². The molecule has 2 fully saturated rings. The van der Waals surface area contributed by atoms with Crippen molar-refractivity contribution in [3.63, 3.8) is 0 Å². The minimum atomic E-state index is -3.61. The third-order valence-electron chi connectivity index (χ3n) is 4.41. The van der Waals surface area contributed by atoms with Crippen molar-refractivity contribution in [2.75, 3.05) is 6.54 Å². The zero-order valence-corrected chi connectivity index (χ0v) is 12.0. The second kappa shape index (κ2) is 5.15. The van der Waals surface area contributed by atoms with Crippen molar-refractivity contribution < 1.29 is 8.42 Å². The van der Waals surface area contributed by atoms with E-state index in [1.807, 2.05) is 6.07 Å². The number of piperidine rings is 1. The summed E-state index contributed by atoms with van der Waals surface area (Å²) in [6.07, 6.45) is 6.63. The Labute approximate surface area is 119 Å². The SMILES string of the molecule is N#Cc1ncccc1S(=O)(=O)N1CCCC2CCCC21. The predicted molar refractivity (Wildman–Crippen MR) is 73.2 cm³/mol. The van der Waals surface area contributed by atoms with E-state index in [0.717, 1.165) is 32.1 Å². The van der Waals surface area contributed by atoms with Crippen molar-refractivity contribution in [3.05, 3.63) is 24.0 Å². The molecule has 1 aromatic heterocycles. The van der Waals surface area contributed by atoms with E-state index in [1.54, 1.807) is 10.4 Å². The Balaban J connectivity index is 2.01. The van der Waals surface area contributed by atoms with Crippen LogP contribution in [0.3, 0.4) is 0 Å². The molecule has 0 spiro atoms. The molecule has 1 saturated carbocycles. The molecule has 2 heterocycles. The van der Waals surface area contributed by atoms with Crippen molar-refractivity contribution in [1.29, 1.82) is 5.26 Å². The molecular weight excluding hydrogens is 274 g/mol. The standard InChI is InChI=1S/C14H17N3O2S/c15-10-12-14(7-2-8-16-12)20(18,19)17-9-3-5-11-4-1-6-13(11)17/h2,7-8,11,13H,1,3-6,9H2. The fourth-order valence-electron chi connectivity index (χ4n) is 3.52. The Hall–Kier alpha value is -1.45. The van der Waals surface area contributed by atoms with Gasteiger partial charge in [-0.05, 0) is 43.7 Å². The lowest BCUT2D eigenvalue weighted by molar-refractivity contribution is 0.202. The Morgan fingerprint density at radius 3 is 2.90 bits per heavy atom. The Bertz CT molecular complexity index is 651. The van der Waals surface area contributed by atoms with Crippen LogP contribution in [0.25, 0.3) is 0 Å². The summed E-state index contributed by atoms with van der Waals surface area (Å²) in [7, 11) is -3.61. The number of aromatic nitrogens is 1. The minimum Gasteiger partial charge on any atom is -0.244 e. The van der Waals surface area contributed by atoms with E-state index in [4.69, 9.17) is 5.26 Å². The van der Waals surface area contributed by atoms with E-state index in [9.17, 15) is 8.42 Å². The average Bonchev–Trinajstić information content (AvgIpc) is 2.95. The molecule has 2 aliphatic rings. The highest BCUT2D eigenvalue weighted by Crippen LogP contribution is 2.39. The molecule has 1 saturated heterocycles. The summed E-state index contributed by atoms with van der Waals surface area (Å²) in [5.74, 6) is 0.487. The molecule has 0 aromatic carbocycles. The van der Waals surface area contributed by atoms with Crippen LogP contribution < -0.4 is 0 Å². The van der Waals surface area contributed by atoms with Crippen LogP contribution in [0.2, 0.25) is 0 Å². The summed E-state index contributed by atoms with van der Waals surface area (Å²) >= 11 is 0. The maximum Gasteiger partial charge on any atom is 0.246 e. The van der Waals surface area contributed by atoms with Crippen LogP contribution in [0.4, 0.5) is 0 Å². The number of hydrogen-bond acceptors (Lipinski definition) is 4. The average molecular weight is 291 g/mol. The molecular formula is C14H17N3O2S. The third-order valence-corrected chi connectivity index (χ3v) is 6.36. The van der Waals surface area contributed by atoms with Gasteiger partial charge in [-0.1, -0.05) is 6.42 Å². The van der Waals surface area contributed by atoms with Crippen molar-refractivity contribution in [1.82, 2.24) is 9.29 Å². The van der Waals surface area contributed by atoms with Crippen LogP contribution in [0.15, 0.2) is 23.2 Å². The number of rotatable bonds is 2. The second-order valence-electron chi connectivity index (χ2n) is 5.48. The third kappa shape index (κ3) is 2.11. The van der Waals surface area contributed by atoms with Gasteiger partial charge >= 0.3 is 0 Å². The van der Waals surface area contributed by atoms with Crippen LogP contribution in [-0.2, 0) is 10.0 Å². The van der Waals surface area contributed by atoms with Crippen LogP contribution >= 0.6 is 0 Å². The number of hydrogen-bond donors (Lipinski definition) is 0. The number of nitriles is 1. The highest BCUT2D eigenvalue weighted by atomic mass is 32.2. The molecule has 0 amide bonds. The summed E-state index contributed by atoms with van der Waals surface area (Å²) < 4.78 is 27.3. The zero-order chi connectivity index (χ0) is 14.2. The van der Waals surface area contributed by atoms with E-state index in [0.29, 0.717) is 12.5 Å². The lowest BCUT2D eigenvalue weighted by Gasteiger charge is -2.36. The molecule has 6 heteroatoms. The summed E-state index contributed by atoms with van der Waals surface area (Å²) in [6, 6.07) is 5.05. The molecule has 0 radical (unpaired) electrons. The number of sulfonamides is 1. The summed E-state index contributed by atoms with van der Waals surface area (Å²) in [5, 5.41) is 9.07. The van der Waals surface area contributed by atoms with E-state index < -0.39 is 10.0 Å². The summed E-state index contributed by atoms with van der Waals surface area (Å²) in [5.41, 5.74) is -0.00683. The topological polar surface area (TPSA) is 74.1 Å². The van der Waals surface area contributed by atoms with Gasteiger partial charge in [-0.3, -0.25) is 0 Å². The fraction of sp³-hybridized carbons (Fsp3) is 0.571. The maximum absolute atomic E-state index is 12.8. The molecule has 106 valence electrons. The highest BCUT2D eigenvalue weighted by molar-refractivity contribution is 7.89. The Morgan fingerprint density at radius 2 is 2.10 bits per heavy atom. The van der Waals surface area contributed by atoms with Gasteiger partial charge in [-0.25, -0.2) is 13.4 Å². The molecule has 3 rings (SSSR count). The molecule has 5 nitrogen and oxygen atoms in total. The van der Waals surface area contributed by atoms with E-state index in [2.05, 4.69) is 4.98 Å². The van der Waals surface area contributed by atoms with Crippen LogP contribution in [0.1, 0.15) is 37.8 Å². The number of pyridine rings is 1. The Morgan fingerprint density at radius 1 is 1.30 bits per heavy atom. The van der Waals surface area contributed by atoms with Gasteiger partial charge in [0, 0.05) is 18.8 Å². The van der Waals surface area contributed by atoms with Gasteiger partial charge in [-0.15, -0.1) is 0 Å². The monoisotopic (exact) mass is 291 g/mol. The highest BCUT2D eigenvalue weighted by Gasteiger charge is 2.42. The number of fused-ring (bicyclic) bond motifs is 1. The van der Waals surface area contributed by atoms with Crippen molar-refractivity contribution in [2.45, 2.75) is 43.0 Å². The van der Waals surface area contributed by atoms with Gasteiger partial charge in [0.25, 0.3) is 0 Å². The molecule has 0 bridgehead atoms. The second-order valence-corrected chi connectivity index (χ2v) is 7.34. The normalized spacial score (nSPS) is 26.9. The molecule has 1 aliphatic heterocycles. The Kier molecular flexibility index (Phi) is 3.48. The van der Waals surface area contributed by atoms with Gasteiger partial charge in [-0.2, -0.15) is 9.57 Å². The molecule has 2 atom stereocenters. The zero-order valence-electron chi connectivity index (χ0n) is 11.2. The van der Waals surface area contributed by atoms with Crippen LogP contribution in [-0.4, -0.2) is 30.3 Å². The molecule has 2 unspecified atom stereocenters. The smallest absolute Gasteiger partial charge is 0.244 e. The summed E-state index contributed by atoms with van der Waals surface area (Å²) in [4.78, 5) is 3.93. The first-order chi connectivity index (χ1) is 9.64. The van der Waals surface area contributed by atoms with Gasteiger partial charge in [0.15, 0.2) is 5.69 Å². The first-order valence-corrected chi connectivity index (χ1v) is 8.45. The van der Waals surface area contributed by atoms with Gasteiger partial charge < -0.3 is 0 Å². The van der Waals surface area contributed by atoms with Crippen molar-refractivity contribution in [2.24, 2.45) is 5.92 Å². The van der Waals surface area contributed by atoms with E-state index in [-0.39, 0.29) is 16.6 Å². The first-order valence-electron chi connectivity index (χ1n) is 7.01. The lowest BCUT2D eigenvalue weighted by atomic mass is 9.94. The van der Waals surface area contributed by atoms with E-state index >= 15 is 0 Å². The quantitative estimate of drug-likeness (QED) is 0.834. The maximum atomic E-state index is 12.8. The molecule has 20 heavy (non-hydrogen) atoms. The minimum absolute atomic E-state index is 0.00683. The first kappa shape index (κ1) is 13.5. The number of nitrogens with zero attached hydrogens (tertiary/aromatic N) is 3. The molecule has 1 aromatic rings. The van der Waals surface area contributed by atoms with E-state index in [1.165, 1.54) is 12.3 Å². The molecule has 0 N–H and O–H groups in total. The fourth-order valence-corrected chi connectivity index (χ4v) is 5.37. The van der Waals surface area contributed by atoms with Gasteiger partial charge in [0.1, 0.15) is 11.0 Å². The van der Waals surface area contributed by atoms with Gasteiger partial charge in [0.2, 0.25) is 10.0 Å².